The Morgan fingerprint density at radius 3 is 2.00 bits per heavy atom. The van der Waals surface area contributed by atoms with Crippen molar-refractivity contribution in [3.8, 4) is 0 Å². The molecular formula is C6H15N. The number of rotatable bonds is 2. The fourth-order valence-corrected chi connectivity index (χ4v) is 0.125. The van der Waals surface area contributed by atoms with Gasteiger partial charge in [-0.25, -0.2) is 0 Å². The molecule has 0 radical (unpaired) electrons. The molecule has 0 aliphatic rings. The zero-order valence-corrected chi connectivity index (χ0v) is 3.50. The van der Waals surface area contributed by atoms with Crippen LogP contribution in [0.4, 0.5) is 0 Å². The minimum absolute atomic E-state index is 1.25. The van der Waals surface area contributed by atoms with Crippen LogP contribution in [0.5, 0.6) is 0 Å². The van der Waals surface area contributed by atoms with Crippen molar-refractivity contribution in [2.24, 2.45) is 0 Å². The van der Waals surface area contributed by atoms with E-state index in [0.29, 0.717) is 0 Å². The number of hydrogen-bond donors (Lipinski definition) is 1. The molecule has 0 aromatic rings. The van der Waals surface area contributed by atoms with Crippen molar-refractivity contribution in [3.05, 3.63) is 0 Å². The predicted molar refractivity (Wildman–Crippen MR) is 33.4 cm³/mol. The summed E-state index contributed by atoms with van der Waals surface area (Å²) in [5.41, 5.74) is 0. The highest BCUT2D eigenvalue weighted by molar-refractivity contribution is 4.55. The van der Waals surface area contributed by atoms with Crippen LogP contribution in [0.15, 0.2) is 0 Å². The summed E-state index contributed by atoms with van der Waals surface area (Å²) in [6, 6.07) is -7.27. The van der Waals surface area contributed by atoms with Crippen LogP contribution in [0.1, 0.15) is 46.6 Å². The lowest BCUT2D eigenvalue weighted by molar-refractivity contribution is 0.518. The average molecular weight is 115 g/mol. The lowest BCUT2D eigenvalue weighted by Crippen LogP contribution is -2.29. The minimum atomic E-state index is -3.63. The van der Waals surface area contributed by atoms with Gasteiger partial charge < -0.3 is 5.32 Å². The first kappa shape index (κ1) is 0.621. The molecule has 0 aromatic heterocycles. The molecule has 0 rings (SSSR count). The smallest absolute Gasteiger partial charge is 0.0459 e. The van der Waals surface area contributed by atoms with Gasteiger partial charge in [-0.3, -0.25) is 0 Å². The van der Waals surface area contributed by atoms with Crippen LogP contribution in [0, 0.1) is 0 Å². The first-order valence-corrected chi connectivity index (χ1v) is 1.50. The topological polar surface area (TPSA) is 12.0 Å². The van der Waals surface area contributed by atoms with Crippen molar-refractivity contribution in [2.45, 2.75) is 39.4 Å². The van der Waals surface area contributed by atoms with Crippen molar-refractivity contribution in [2.75, 3.05) is 0 Å². The number of hydrogen-bond acceptors (Lipinski definition) is 1. The van der Waals surface area contributed by atoms with Gasteiger partial charge in [0.25, 0.3) is 0 Å². The first-order chi connectivity index (χ1) is 8.71. The van der Waals surface area contributed by atoms with E-state index in [1.807, 2.05) is 0 Å². The van der Waals surface area contributed by atoms with E-state index in [1.165, 1.54) is 5.32 Å². The quantitative estimate of drug-likeness (QED) is 0.573. The standard InChI is InChI=1S/C6H15N/c1-5(2)7-6(3)4/h5-7H,1-4H3/i1D3,2D3,3D3,4D3,5D,6D. The van der Waals surface area contributed by atoms with Crippen LogP contribution in [0.2, 0.25) is 0 Å². The molecule has 0 atom stereocenters. The van der Waals surface area contributed by atoms with Gasteiger partial charge in [-0.15, -0.1) is 0 Å². The summed E-state index contributed by atoms with van der Waals surface area (Å²) in [6.07, 6.45) is 0. The Kier molecular flexibility index (Phi) is 0.268. The zero-order chi connectivity index (χ0) is 17.7. The molecule has 0 heterocycles. The summed E-state index contributed by atoms with van der Waals surface area (Å²) >= 11 is 0. The maximum absolute atomic E-state index is 7.58. The Morgan fingerprint density at radius 2 is 1.71 bits per heavy atom. The maximum atomic E-state index is 7.58. The second-order valence-electron chi connectivity index (χ2n) is 0.875. The van der Waals surface area contributed by atoms with Gasteiger partial charge in [0.1, 0.15) is 0 Å². The van der Waals surface area contributed by atoms with Crippen molar-refractivity contribution in [3.63, 3.8) is 0 Å². The Bertz CT molecular complexity index is 303. The molecule has 1 N–H and O–H groups in total. The summed E-state index contributed by atoms with van der Waals surface area (Å²) < 4.78 is 100. The van der Waals surface area contributed by atoms with Crippen LogP contribution in [0.3, 0.4) is 0 Å². The molecule has 0 bridgehead atoms. The van der Waals surface area contributed by atoms with Crippen LogP contribution in [-0.2, 0) is 0 Å². The lowest BCUT2D eigenvalue weighted by atomic mass is 10.3. The third-order valence-electron chi connectivity index (χ3n) is 0.250. The van der Waals surface area contributed by atoms with Crippen LogP contribution >= 0.6 is 0 Å². The van der Waals surface area contributed by atoms with Crippen molar-refractivity contribution in [1.82, 2.24) is 5.32 Å². The molecule has 7 heavy (non-hydrogen) atoms. The van der Waals surface area contributed by atoms with Gasteiger partial charge in [0.05, 0.1) is 0 Å². The van der Waals surface area contributed by atoms with Crippen molar-refractivity contribution in [1.29, 1.82) is 0 Å². The highest BCUT2D eigenvalue weighted by atomic mass is 14.9. The van der Waals surface area contributed by atoms with Crippen molar-refractivity contribution >= 4 is 0 Å². The van der Waals surface area contributed by atoms with E-state index in [-0.39, 0.29) is 0 Å². The van der Waals surface area contributed by atoms with Gasteiger partial charge in [0.15, 0.2) is 0 Å². The lowest BCUT2D eigenvalue weighted by Gasteiger charge is -2.10. The second-order valence-corrected chi connectivity index (χ2v) is 0.875. The molecule has 1 nitrogen and oxygen atoms in total. The molecule has 0 fully saturated rings. The second kappa shape index (κ2) is 3.03. The predicted octanol–water partition coefficient (Wildman–Crippen LogP) is 1.39. The monoisotopic (exact) mass is 115 g/mol. The Hall–Kier alpha value is -0.0400. The molecule has 0 saturated carbocycles. The first-order valence-electron chi connectivity index (χ1n) is 8.50. The van der Waals surface area contributed by atoms with Crippen molar-refractivity contribution < 1.29 is 19.2 Å². The molecule has 0 aliphatic carbocycles. The number of nitrogens with one attached hydrogen (secondary N) is 1. The summed E-state index contributed by atoms with van der Waals surface area (Å²) in [6.45, 7) is -14.4. The van der Waals surface area contributed by atoms with Gasteiger partial charge in [0.2, 0.25) is 0 Å². The van der Waals surface area contributed by atoms with E-state index in [2.05, 4.69) is 0 Å². The van der Waals surface area contributed by atoms with E-state index in [0.717, 1.165) is 0 Å². The molecule has 0 saturated heterocycles. The summed E-state index contributed by atoms with van der Waals surface area (Å²) in [5.74, 6) is 0. The maximum Gasteiger partial charge on any atom is 0.0459 e. The molecule has 0 unspecified atom stereocenters. The van der Waals surface area contributed by atoms with Gasteiger partial charge in [-0.2, -0.15) is 0 Å². The van der Waals surface area contributed by atoms with E-state index in [4.69, 9.17) is 19.2 Å². The molecule has 1 heteroatoms. The highest BCUT2D eigenvalue weighted by Gasteiger charge is 1.92. The fraction of sp³-hybridized carbons (Fsp3) is 1.00. The van der Waals surface area contributed by atoms with E-state index >= 15 is 0 Å². The van der Waals surface area contributed by atoms with Gasteiger partial charge in [0, 0.05) is 31.2 Å². The summed E-state index contributed by atoms with van der Waals surface area (Å²) in [4.78, 5) is 0. The van der Waals surface area contributed by atoms with Crippen LogP contribution < -0.4 is 5.32 Å². The van der Waals surface area contributed by atoms with Gasteiger partial charge in [-0.1, -0.05) is 27.4 Å². The molecule has 0 spiro atoms. The van der Waals surface area contributed by atoms with Crippen LogP contribution in [-0.4, -0.2) is 12.0 Å². The average Bonchev–Trinajstić information content (AvgIpc) is 2.09. The van der Waals surface area contributed by atoms with Gasteiger partial charge >= 0.3 is 0 Å². The van der Waals surface area contributed by atoms with E-state index in [9.17, 15) is 0 Å². The van der Waals surface area contributed by atoms with Gasteiger partial charge in [-0.05, 0) is 0 Å². The molecular weight excluding hydrogens is 86.1 g/mol. The summed E-state index contributed by atoms with van der Waals surface area (Å²) in [7, 11) is 0. The molecule has 0 amide bonds. The minimum Gasteiger partial charge on any atom is -0.312 e. The van der Waals surface area contributed by atoms with Crippen LogP contribution in [0.25, 0.3) is 0 Å². The molecule has 44 valence electrons. The largest absolute Gasteiger partial charge is 0.312 e. The zero-order valence-electron chi connectivity index (χ0n) is 17.5. The highest BCUT2D eigenvalue weighted by Crippen LogP contribution is 1.80. The molecule has 0 aromatic carbocycles. The third kappa shape index (κ3) is 5.96. The SMILES string of the molecule is [2H]C([2H])([2H])C([2H])(NC([2H])(C([2H])([2H])[2H])C([2H])([2H])[2H])C([2H])([2H])[2H]. The fourth-order valence-electron chi connectivity index (χ4n) is 0.125. The summed E-state index contributed by atoms with van der Waals surface area (Å²) in [5, 5.41) is 1.25. The molecule has 0 aliphatic heterocycles. The third-order valence-corrected chi connectivity index (χ3v) is 0.250. The normalized spacial score (nSPS) is 50.9. The Balaban J connectivity index is 6.15. The van der Waals surface area contributed by atoms with E-state index < -0.39 is 39.4 Å². The van der Waals surface area contributed by atoms with E-state index in [1.54, 1.807) is 0 Å². The Labute approximate surface area is 65.8 Å². The Morgan fingerprint density at radius 1 is 1.29 bits per heavy atom.